The molecule has 0 spiro atoms. The van der Waals surface area contributed by atoms with Gasteiger partial charge in [-0.1, -0.05) is 12.1 Å². The van der Waals surface area contributed by atoms with Gasteiger partial charge in [-0.3, -0.25) is 4.79 Å². The molecule has 0 bridgehead atoms. The van der Waals surface area contributed by atoms with E-state index in [1.165, 1.54) is 19.2 Å². The number of rotatable bonds is 6. The fourth-order valence-electron chi connectivity index (χ4n) is 2.32. The molecular formula is C14H22ClN3O4S. The first kappa shape index (κ1) is 19.9. The molecule has 0 radical (unpaired) electrons. The van der Waals surface area contributed by atoms with E-state index in [1.807, 2.05) is 0 Å². The molecule has 1 aliphatic rings. The second kappa shape index (κ2) is 8.60. The highest BCUT2D eigenvalue weighted by Crippen LogP contribution is 2.19. The maximum atomic E-state index is 12.0. The Bertz CT molecular complexity index is 639. The minimum atomic E-state index is -3.49. The Morgan fingerprint density at radius 1 is 1.39 bits per heavy atom. The van der Waals surface area contributed by atoms with Gasteiger partial charge in [0.05, 0.1) is 11.0 Å². The van der Waals surface area contributed by atoms with Crippen LogP contribution in [0.4, 0.5) is 0 Å². The van der Waals surface area contributed by atoms with Crippen LogP contribution in [0.1, 0.15) is 18.4 Å². The minimum Gasteiger partial charge on any atom is -0.364 e. The van der Waals surface area contributed by atoms with Crippen molar-refractivity contribution in [2.24, 2.45) is 5.73 Å². The van der Waals surface area contributed by atoms with E-state index >= 15 is 0 Å². The van der Waals surface area contributed by atoms with Gasteiger partial charge in [-0.2, -0.15) is 0 Å². The Morgan fingerprint density at radius 3 is 2.74 bits per heavy atom. The maximum absolute atomic E-state index is 12.0. The zero-order valence-corrected chi connectivity index (χ0v) is 14.5. The molecule has 7 nitrogen and oxygen atoms in total. The molecule has 1 fully saturated rings. The Hall–Kier alpha value is -1.19. The van der Waals surface area contributed by atoms with E-state index in [1.54, 1.807) is 12.1 Å². The first-order valence-electron chi connectivity index (χ1n) is 7.12. The fraction of sp³-hybridized carbons (Fsp3) is 0.500. The Labute approximate surface area is 142 Å². The number of ether oxygens (including phenoxy) is 1. The van der Waals surface area contributed by atoms with Crippen LogP contribution < -0.4 is 15.8 Å². The van der Waals surface area contributed by atoms with Crippen LogP contribution >= 0.6 is 12.4 Å². The molecule has 1 heterocycles. The number of amides is 1. The molecule has 130 valence electrons. The summed E-state index contributed by atoms with van der Waals surface area (Å²) in [4.78, 5) is 12.2. The third kappa shape index (κ3) is 5.15. The summed E-state index contributed by atoms with van der Waals surface area (Å²) in [5, 5.41) is 2.76. The summed E-state index contributed by atoms with van der Waals surface area (Å²) in [6.45, 7) is 0.659. The largest absolute Gasteiger partial charge is 0.364 e. The molecule has 2 atom stereocenters. The van der Waals surface area contributed by atoms with Gasteiger partial charge in [-0.25, -0.2) is 13.1 Å². The zero-order chi connectivity index (χ0) is 16.2. The number of benzene rings is 1. The summed E-state index contributed by atoms with van der Waals surface area (Å²) >= 11 is 0. The van der Waals surface area contributed by atoms with Crippen LogP contribution in [-0.2, 0) is 26.1 Å². The van der Waals surface area contributed by atoms with Crippen molar-refractivity contribution >= 4 is 28.3 Å². The van der Waals surface area contributed by atoms with Gasteiger partial charge < -0.3 is 15.8 Å². The van der Waals surface area contributed by atoms with Gasteiger partial charge in [0.2, 0.25) is 15.9 Å². The van der Waals surface area contributed by atoms with Crippen molar-refractivity contribution in [3.05, 3.63) is 29.8 Å². The van der Waals surface area contributed by atoms with E-state index in [-0.39, 0.29) is 35.9 Å². The predicted octanol–water partition coefficient (Wildman–Crippen LogP) is 0.139. The molecule has 0 aliphatic carbocycles. The van der Waals surface area contributed by atoms with Gasteiger partial charge in [-0.05, 0) is 37.6 Å². The normalized spacial score (nSPS) is 20.8. The van der Waals surface area contributed by atoms with Crippen molar-refractivity contribution < 1.29 is 17.9 Å². The van der Waals surface area contributed by atoms with Crippen molar-refractivity contribution in [1.82, 2.24) is 10.0 Å². The molecule has 1 aromatic carbocycles. The molecule has 0 unspecified atom stereocenters. The molecule has 0 aromatic heterocycles. The molecule has 4 N–H and O–H groups in total. The van der Waals surface area contributed by atoms with Crippen molar-refractivity contribution in [3.63, 3.8) is 0 Å². The number of carbonyl (C=O) groups is 1. The molecule has 0 saturated carbocycles. The van der Waals surface area contributed by atoms with Gasteiger partial charge in [0.25, 0.3) is 0 Å². The second-order valence-corrected chi connectivity index (χ2v) is 7.02. The highest BCUT2D eigenvalue weighted by atomic mass is 35.5. The van der Waals surface area contributed by atoms with Crippen molar-refractivity contribution in [3.8, 4) is 0 Å². The first-order valence-corrected chi connectivity index (χ1v) is 8.60. The highest BCUT2D eigenvalue weighted by Gasteiger charge is 2.29. The van der Waals surface area contributed by atoms with Crippen LogP contribution in [0.15, 0.2) is 29.2 Å². The van der Waals surface area contributed by atoms with E-state index < -0.39 is 16.1 Å². The van der Waals surface area contributed by atoms with Crippen LogP contribution in [0.25, 0.3) is 0 Å². The summed E-state index contributed by atoms with van der Waals surface area (Å²) in [5.41, 5.74) is 6.22. The Kier molecular flexibility index (Phi) is 7.43. The minimum absolute atomic E-state index is 0. The molecule has 1 aliphatic heterocycles. The summed E-state index contributed by atoms with van der Waals surface area (Å²) in [6.07, 6.45) is 0.907. The van der Waals surface area contributed by atoms with Gasteiger partial charge in [0, 0.05) is 13.1 Å². The number of carbonyl (C=O) groups excluding carboxylic acids is 1. The average Bonchev–Trinajstić information content (AvgIpc) is 3.02. The quantitative estimate of drug-likeness (QED) is 0.665. The fourth-order valence-corrected chi connectivity index (χ4v) is 3.12. The lowest BCUT2D eigenvalue weighted by Gasteiger charge is -2.13. The van der Waals surface area contributed by atoms with Gasteiger partial charge in [-0.15, -0.1) is 12.4 Å². The van der Waals surface area contributed by atoms with Crippen molar-refractivity contribution in [2.75, 3.05) is 13.6 Å². The third-order valence-corrected chi connectivity index (χ3v) is 5.02. The Morgan fingerprint density at radius 2 is 2.13 bits per heavy atom. The maximum Gasteiger partial charge on any atom is 0.249 e. The first-order chi connectivity index (χ1) is 10.5. The van der Waals surface area contributed by atoms with Crippen LogP contribution in [0.2, 0.25) is 0 Å². The molecular weight excluding hydrogens is 342 g/mol. The average molecular weight is 364 g/mol. The lowest BCUT2D eigenvalue weighted by molar-refractivity contribution is -0.132. The van der Waals surface area contributed by atoms with E-state index in [9.17, 15) is 13.2 Å². The Balaban J connectivity index is 0.00000264. The molecule has 2 rings (SSSR count). The second-order valence-electron chi connectivity index (χ2n) is 5.13. The smallest absolute Gasteiger partial charge is 0.249 e. The number of halogens is 1. The van der Waals surface area contributed by atoms with E-state index in [0.717, 1.165) is 6.42 Å². The zero-order valence-electron chi connectivity index (χ0n) is 12.8. The summed E-state index contributed by atoms with van der Waals surface area (Å²) in [6, 6.07) is 6.43. The molecule has 1 amide bonds. The van der Waals surface area contributed by atoms with Crippen molar-refractivity contribution in [1.29, 1.82) is 0 Å². The van der Waals surface area contributed by atoms with Crippen LogP contribution in [0.3, 0.4) is 0 Å². The lowest BCUT2D eigenvalue weighted by atomic mass is 10.2. The van der Waals surface area contributed by atoms with Gasteiger partial charge in [0.15, 0.2) is 0 Å². The molecule has 23 heavy (non-hydrogen) atoms. The van der Waals surface area contributed by atoms with Crippen LogP contribution in [-0.4, -0.2) is 40.1 Å². The number of nitrogens with two attached hydrogens (primary N) is 1. The standard InChI is InChI=1S/C14H21N3O4S.ClH/c1-16-22(19,20)12-4-2-3-10(7-12)9-17-14(18)13-6-5-11(8-15)21-13;/h2-4,7,11,13,16H,5-6,8-9,15H2,1H3,(H,17,18);1H/t11-,13+;/m1./s1. The van der Waals surface area contributed by atoms with Crippen LogP contribution in [0.5, 0.6) is 0 Å². The molecule has 1 aromatic rings. The number of hydrogen-bond donors (Lipinski definition) is 3. The van der Waals surface area contributed by atoms with Gasteiger partial charge >= 0.3 is 0 Å². The summed E-state index contributed by atoms with van der Waals surface area (Å²) in [5.74, 6) is -0.196. The van der Waals surface area contributed by atoms with Gasteiger partial charge in [0.1, 0.15) is 6.10 Å². The number of sulfonamides is 1. The molecule has 1 saturated heterocycles. The molecule has 9 heteroatoms. The SMILES string of the molecule is CNS(=O)(=O)c1cccc(CNC(=O)[C@@H]2CC[C@H](CN)O2)c1.Cl. The summed E-state index contributed by atoms with van der Waals surface area (Å²) < 4.78 is 31.3. The van der Waals surface area contributed by atoms with Crippen LogP contribution in [0, 0.1) is 0 Å². The number of hydrogen-bond acceptors (Lipinski definition) is 5. The monoisotopic (exact) mass is 363 g/mol. The van der Waals surface area contributed by atoms with Crippen molar-refractivity contribution in [2.45, 2.75) is 36.5 Å². The summed E-state index contributed by atoms with van der Waals surface area (Å²) in [7, 11) is -2.13. The predicted molar refractivity (Wildman–Crippen MR) is 88.7 cm³/mol. The third-order valence-electron chi connectivity index (χ3n) is 3.61. The highest BCUT2D eigenvalue weighted by molar-refractivity contribution is 7.89. The van der Waals surface area contributed by atoms with E-state index in [4.69, 9.17) is 10.5 Å². The van der Waals surface area contributed by atoms with E-state index in [2.05, 4.69) is 10.0 Å². The topological polar surface area (TPSA) is 111 Å². The number of nitrogens with one attached hydrogen (secondary N) is 2. The van der Waals surface area contributed by atoms with E-state index in [0.29, 0.717) is 18.5 Å². The lowest BCUT2D eigenvalue weighted by Crippen LogP contribution is -2.35.